The van der Waals surface area contributed by atoms with Crippen molar-refractivity contribution in [3.63, 3.8) is 0 Å². The second-order valence-electron chi connectivity index (χ2n) is 11.8. The molecule has 4 aliphatic carbocycles. The third kappa shape index (κ3) is 3.46. The van der Waals surface area contributed by atoms with E-state index in [2.05, 4.69) is 6.08 Å². The molecule has 1 N–H and O–H groups in total. The molecule has 1 saturated heterocycles. The van der Waals surface area contributed by atoms with E-state index in [0.717, 1.165) is 48.6 Å². The van der Waals surface area contributed by atoms with Gasteiger partial charge in [0.1, 0.15) is 5.75 Å². The minimum absolute atomic E-state index is 0.0360. The first-order valence-corrected chi connectivity index (χ1v) is 14.1. The predicted octanol–water partition coefficient (Wildman–Crippen LogP) is 5.31. The van der Waals surface area contributed by atoms with Crippen molar-refractivity contribution in [2.75, 3.05) is 0 Å². The summed E-state index contributed by atoms with van der Waals surface area (Å²) in [5, 5.41) is 12.1. The van der Waals surface area contributed by atoms with Crippen LogP contribution in [0.4, 0.5) is 0 Å². The molecule has 6 heteroatoms. The van der Waals surface area contributed by atoms with Crippen LogP contribution in [-0.2, 0) is 19.2 Å². The Kier molecular flexibility index (Phi) is 5.51. The third-order valence-electron chi connectivity index (χ3n) is 9.78. The molecule has 0 radical (unpaired) electrons. The lowest BCUT2D eigenvalue weighted by atomic mass is 9.59. The molecule has 0 aromatic heterocycles. The quantitative estimate of drug-likeness (QED) is 0.329. The molecule has 0 bridgehead atoms. The number of Topliss-reactive ketones (excluding diaryl/α,β-unsaturated/α-hetero) is 1. The van der Waals surface area contributed by atoms with Crippen LogP contribution in [0.2, 0.25) is 0 Å². The van der Waals surface area contributed by atoms with Crippen LogP contribution in [0.1, 0.15) is 63.4 Å². The fraction of sp³-hybridized carbons (Fsp3) is 0.394. The van der Waals surface area contributed by atoms with E-state index in [-0.39, 0.29) is 41.1 Å². The molecule has 0 unspecified atom stereocenters. The van der Waals surface area contributed by atoms with Gasteiger partial charge in [0.25, 0.3) is 0 Å². The first-order valence-electron chi connectivity index (χ1n) is 14.1. The second kappa shape index (κ2) is 8.87. The average Bonchev–Trinajstić information content (AvgIpc) is 3.21. The van der Waals surface area contributed by atoms with Gasteiger partial charge >= 0.3 is 0 Å². The molecule has 1 saturated carbocycles. The highest BCUT2D eigenvalue weighted by Gasteiger charge is 2.57. The van der Waals surface area contributed by atoms with Gasteiger partial charge in [-0.1, -0.05) is 61.2 Å². The third-order valence-corrected chi connectivity index (χ3v) is 9.78. The number of hydrogen-bond acceptors (Lipinski definition) is 5. The minimum atomic E-state index is -0.520. The first kappa shape index (κ1) is 24.3. The standard InChI is InChI=1S/C33H31NO5/c1-17-15-27(36)30-25(31(17)37)16-24-22(28(30)21-13-14-26(35)20-10-6-5-9-19(20)21)11-12-23-29(24)33(39)34(32(23)38)18-7-3-2-4-8-18/h5-6,9-11,13-15,18,23-24,28-29,35H,2-4,7-8,12,16H2,1H3/t23-,24+,28-,29-/m0/s1. The molecule has 1 aliphatic heterocycles. The van der Waals surface area contributed by atoms with Crippen molar-refractivity contribution in [1.82, 2.24) is 4.90 Å². The molecular weight excluding hydrogens is 490 g/mol. The number of carbonyl (C=O) groups excluding carboxylic acids is 4. The van der Waals surface area contributed by atoms with Gasteiger partial charge < -0.3 is 5.11 Å². The number of hydrogen-bond donors (Lipinski definition) is 1. The summed E-state index contributed by atoms with van der Waals surface area (Å²) in [7, 11) is 0. The molecule has 6 nitrogen and oxygen atoms in total. The van der Waals surface area contributed by atoms with Crippen molar-refractivity contribution in [1.29, 1.82) is 0 Å². The Morgan fingerprint density at radius 3 is 2.38 bits per heavy atom. The van der Waals surface area contributed by atoms with E-state index in [9.17, 15) is 24.3 Å². The van der Waals surface area contributed by atoms with Crippen LogP contribution in [0.25, 0.3) is 10.8 Å². The fourth-order valence-corrected chi connectivity index (χ4v) is 8.02. The highest BCUT2D eigenvalue weighted by molar-refractivity contribution is 6.24. The van der Waals surface area contributed by atoms with Crippen LogP contribution in [0, 0.1) is 17.8 Å². The number of amides is 2. The van der Waals surface area contributed by atoms with Gasteiger partial charge in [-0.05, 0) is 61.6 Å². The molecule has 4 atom stereocenters. The molecule has 2 aromatic carbocycles. The summed E-state index contributed by atoms with van der Waals surface area (Å²) >= 11 is 0. The zero-order chi connectivity index (χ0) is 27.0. The van der Waals surface area contributed by atoms with E-state index in [4.69, 9.17) is 0 Å². The number of aromatic hydroxyl groups is 1. The minimum Gasteiger partial charge on any atom is -0.507 e. The smallest absolute Gasteiger partial charge is 0.233 e. The zero-order valence-electron chi connectivity index (χ0n) is 22.0. The van der Waals surface area contributed by atoms with Gasteiger partial charge in [-0.25, -0.2) is 0 Å². The van der Waals surface area contributed by atoms with Crippen LogP contribution in [0.15, 0.2) is 70.8 Å². The van der Waals surface area contributed by atoms with Crippen molar-refractivity contribution in [3.8, 4) is 5.75 Å². The predicted molar refractivity (Wildman–Crippen MR) is 146 cm³/mol. The van der Waals surface area contributed by atoms with Crippen molar-refractivity contribution < 1.29 is 24.3 Å². The van der Waals surface area contributed by atoms with Crippen LogP contribution < -0.4 is 0 Å². The van der Waals surface area contributed by atoms with Gasteiger partial charge in [-0.2, -0.15) is 0 Å². The van der Waals surface area contributed by atoms with Crippen LogP contribution in [0.3, 0.4) is 0 Å². The Balaban J connectivity index is 1.40. The first-order chi connectivity index (χ1) is 18.9. The van der Waals surface area contributed by atoms with Crippen LogP contribution in [-0.4, -0.2) is 39.4 Å². The summed E-state index contributed by atoms with van der Waals surface area (Å²) in [6.45, 7) is 1.67. The highest BCUT2D eigenvalue weighted by atomic mass is 16.3. The molecule has 2 aromatic rings. The van der Waals surface area contributed by atoms with Crippen LogP contribution in [0.5, 0.6) is 5.75 Å². The SMILES string of the molecule is CC1=CC(=O)C2=C(C[C@@H]3C(=CC[C@@H]4C(=O)N(C5CCCCC5)C(=O)[C@@H]43)[C@@H]2c2ccc(O)c3ccccc23)C1=O. The summed E-state index contributed by atoms with van der Waals surface area (Å²) in [5.41, 5.74) is 3.14. The van der Waals surface area contributed by atoms with E-state index in [1.807, 2.05) is 30.3 Å². The van der Waals surface area contributed by atoms with E-state index < -0.39 is 17.8 Å². The Hall–Kier alpha value is -3.80. The Morgan fingerprint density at radius 1 is 0.872 bits per heavy atom. The molecule has 2 fully saturated rings. The lowest BCUT2D eigenvalue weighted by Gasteiger charge is -2.42. The number of phenolic OH excluding ortho intramolecular Hbond substituents is 1. The maximum absolute atomic E-state index is 14.0. The van der Waals surface area contributed by atoms with Crippen molar-refractivity contribution in [2.24, 2.45) is 17.8 Å². The van der Waals surface area contributed by atoms with E-state index >= 15 is 0 Å². The Bertz CT molecular complexity index is 1570. The van der Waals surface area contributed by atoms with Gasteiger partial charge in [0.15, 0.2) is 11.6 Å². The molecule has 0 spiro atoms. The number of imide groups is 1. The van der Waals surface area contributed by atoms with E-state index in [0.29, 0.717) is 34.9 Å². The summed E-state index contributed by atoms with van der Waals surface area (Å²) in [6, 6.07) is 11.0. The lowest BCUT2D eigenvalue weighted by molar-refractivity contribution is -0.143. The number of benzene rings is 2. The number of ketones is 2. The van der Waals surface area contributed by atoms with Crippen LogP contribution >= 0.6 is 0 Å². The summed E-state index contributed by atoms with van der Waals surface area (Å²) in [5.74, 6) is -2.14. The number of likely N-dealkylation sites (tertiary alicyclic amines) is 1. The average molecular weight is 522 g/mol. The van der Waals surface area contributed by atoms with E-state index in [1.165, 1.54) is 6.08 Å². The molecule has 198 valence electrons. The topological polar surface area (TPSA) is 91.8 Å². The second-order valence-corrected chi connectivity index (χ2v) is 11.8. The number of fused-ring (bicyclic) bond motifs is 4. The lowest BCUT2D eigenvalue weighted by Crippen LogP contribution is -2.43. The van der Waals surface area contributed by atoms with Crippen molar-refractivity contribution in [2.45, 2.75) is 63.8 Å². The Morgan fingerprint density at radius 2 is 1.62 bits per heavy atom. The molecular formula is C33H31NO5. The number of phenols is 1. The highest BCUT2D eigenvalue weighted by Crippen LogP contribution is 2.56. The largest absolute Gasteiger partial charge is 0.507 e. The van der Waals surface area contributed by atoms with Gasteiger partial charge in [0.05, 0.1) is 11.8 Å². The number of nitrogens with zero attached hydrogens (tertiary/aromatic N) is 1. The molecule has 7 rings (SSSR count). The van der Waals surface area contributed by atoms with E-state index in [1.54, 1.807) is 17.9 Å². The normalized spacial score (nSPS) is 29.3. The summed E-state index contributed by atoms with van der Waals surface area (Å²) < 4.78 is 0. The molecule has 2 amide bonds. The van der Waals surface area contributed by atoms with Crippen molar-refractivity contribution in [3.05, 3.63) is 76.4 Å². The van der Waals surface area contributed by atoms with Crippen molar-refractivity contribution >= 4 is 34.2 Å². The van der Waals surface area contributed by atoms with Gasteiger partial charge in [-0.3, -0.25) is 24.1 Å². The Labute approximate surface area is 227 Å². The molecule has 1 heterocycles. The summed E-state index contributed by atoms with van der Waals surface area (Å²) in [6.07, 6.45) is 9.15. The fourth-order valence-electron chi connectivity index (χ4n) is 8.02. The maximum Gasteiger partial charge on any atom is 0.233 e. The summed E-state index contributed by atoms with van der Waals surface area (Å²) in [4.78, 5) is 56.3. The monoisotopic (exact) mass is 521 g/mol. The van der Waals surface area contributed by atoms with Gasteiger partial charge in [0, 0.05) is 34.1 Å². The zero-order valence-corrected chi connectivity index (χ0v) is 22.0. The maximum atomic E-state index is 14.0. The van der Waals surface area contributed by atoms with Gasteiger partial charge in [0.2, 0.25) is 11.8 Å². The number of rotatable bonds is 2. The number of carbonyl (C=O) groups is 4. The molecule has 39 heavy (non-hydrogen) atoms. The molecule has 5 aliphatic rings. The van der Waals surface area contributed by atoms with Gasteiger partial charge in [-0.15, -0.1) is 0 Å². The number of allylic oxidation sites excluding steroid dienone is 6.